The van der Waals surface area contributed by atoms with E-state index in [4.69, 9.17) is 4.74 Å². The molecule has 0 unspecified atom stereocenters. The van der Waals surface area contributed by atoms with Gasteiger partial charge < -0.3 is 19.9 Å². The highest BCUT2D eigenvalue weighted by atomic mass is 16.6. The zero-order valence-electron chi connectivity index (χ0n) is 16.5. The molecular formula is C21H22N4O5. The fraction of sp³-hybridized carbons (Fsp3) is 0.238. The first-order chi connectivity index (χ1) is 14.5. The van der Waals surface area contributed by atoms with Crippen molar-refractivity contribution in [2.24, 2.45) is 0 Å². The van der Waals surface area contributed by atoms with E-state index in [2.05, 4.69) is 10.2 Å². The number of carbonyl (C=O) groups is 2. The molecule has 156 valence electrons. The van der Waals surface area contributed by atoms with Gasteiger partial charge in [-0.3, -0.25) is 14.9 Å². The van der Waals surface area contributed by atoms with Gasteiger partial charge in [0.25, 0.3) is 5.69 Å². The molecular weight excluding hydrogens is 388 g/mol. The number of rotatable bonds is 5. The van der Waals surface area contributed by atoms with Crippen molar-refractivity contribution in [3.05, 3.63) is 70.3 Å². The standard InChI is InChI=1S/C21H22N4O5/c1-30-21(27)24-14-12-23(13-15-24)18-9-5-17(6-10-18)22-20(26)11-4-16-2-7-19(8-3-16)25(28)29/h2-11H,12-15H2,1H3,(H,22,26)/b11-4+. The van der Waals surface area contributed by atoms with Gasteiger partial charge in [-0.15, -0.1) is 0 Å². The largest absolute Gasteiger partial charge is 0.453 e. The Bertz CT molecular complexity index is 933. The molecule has 1 heterocycles. The van der Waals surface area contributed by atoms with E-state index in [9.17, 15) is 19.7 Å². The van der Waals surface area contributed by atoms with Crippen LogP contribution in [0.4, 0.5) is 21.9 Å². The zero-order chi connectivity index (χ0) is 21.5. The Kier molecular flexibility index (Phi) is 6.63. The average Bonchev–Trinajstić information content (AvgIpc) is 2.78. The van der Waals surface area contributed by atoms with Crippen molar-refractivity contribution in [3.63, 3.8) is 0 Å². The third-order valence-electron chi connectivity index (χ3n) is 4.74. The van der Waals surface area contributed by atoms with Crippen LogP contribution in [0.25, 0.3) is 6.08 Å². The fourth-order valence-electron chi connectivity index (χ4n) is 3.09. The number of non-ortho nitro benzene ring substituents is 1. The van der Waals surface area contributed by atoms with Crippen molar-refractivity contribution in [1.29, 1.82) is 0 Å². The van der Waals surface area contributed by atoms with Crippen molar-refractivity contribution in [2.45, 2.75) is 0 Å². The second kappa shape index (κ2) is 9.55. The van der Waals surface area contributed by atoms with Gasteiger partial charge in [-0.05, 0) is 48.0 Å². The summed E-state index contributed by atoms with van der Waals surface area (Å²) in [5, 5.41) is 13.4. The van der Waals surface area contributed by atoms with Crippen LogP contribution in [0.3, 0.4) is 0 Å². The lowest BCUT2D eigenvalue weighted by molar-refractivity contribution is -0.384. The van der Waals surface area contributed by atoms with Crippen LogP contribution >= 0.6 is 0 Å². The minimum Gasteiger partial charge on any atom is -0.453 e. The Labute approximate surface area is 173 Å². The third-order valence-corrected chi connectivity index (χ3v) is 4.74. The first-order valence-corrected chi connectivity index (χ1v) is 9.37. The molecule has 1 fully saturated rings. The van der Waals surface area contributed by atoms with Crippen LogP contribution < -0.4 is 10.2 Å². The number of carbonyl (C=O) groups excluding carboxylic acids is 2. The zero-order valence-corrected chi connectivity index (χ0v) is 16.5. The summed E-state index contributed by atoms with van der Waals surface area (Å²) in [6.07, 6.45) is 2.66. The minimum atomic E-state index is -0.469. The number of hydrogen-bond donors (Lipinski definition) is 1. The summed E-state index contributed by atoms with van der Waals surface area (Å²) in [7, 11) is 1.38. The first-order valence-electron chi connectivity index (χ1n) is 9.37. The fourth-order valence-corrected chi connectivity index (χ4v) is 3.09. The third kappa shape index (κ3) is 5.34. The van der Waals surface area contributed by atoms with Crippen LogP contribution in [0, 0.1) is 10.1 Å². The number of piperazine rings is 1. The molecule has 0 radical (unpaired) electrons. The van der Waals surface area contributed by atoms with Gasteiger partial charge in [-0.1, -0.05) is 0 Å². The number of methoxy groups -OCH3 is 1. The molecule has 2 aromatic carbocycles. The highest BCUT2D eigenvalue weighted by molar-refractivity contribution is 6.02. The molecule has 0 spiro atoms. The van der Waals surface area contributed by atoms with E-state index in [0.717, 1.165) is 5.69 Å². The van der Waals surface area contributed by atoms with Gasteiger partial charge in [0, 0.05) is 55.8 Å². The van der Waals surface area contributed by atoms with Crippen LogP contribution in [0.2, 0.25) is 0 Å². The van der Waals surface area contributed by atoms with Crippen molar-refractivity contribution >= 4 is 35.1 Å². The van der Waals surface area contributed by atoms with E-state index in [-0.39, 0.29) is 17.7 Å². The van der Waals surface area contributed by atoms with Gasteiger partial charge in [0.15, 0.2) is 0 Å². The lowest BCUT2D eigenvalue weighted by Gasteiger charge is -2.35. The van der Waals surface area contributed by atoms with E-state index in [0.29, 0.717) is 37.4 Å². The van der Waals surface area contributed by atoms with Gasteiger partial charge in [0.1, 0.15) is 0 Å². The second-order valence-electron chi connectivity index (χ2n) is 6.66. The topological polar surface area (TPSA) is 105 Å². The molecule has 0 atom stereocenters. The predicted octanol–water partition coefficient (Wildman–Crippen LogP) is 3.14. The summed E-state index contributed by atoms with van der Waals surface area (Å²) in [6, 6.07) is 13.4. The molecule has 0 aliphatic carbocycles. The summed E-state index contributed by atoms with van der Waals surface area (Å²) in [4.78, 5) is 37.7. The first kappa shape index (κ1) is 20.8. The van der Waals surface area contributed by atoms with E-state index < -0.39 is 4.92 Å². The number of benzene rings is 2. The smallest absolute Gasteiger partial charge is 0.409 e. The lowest BCUT2D eigenvalue weighted by atomic mass is 10.2. The average molecular weight is 410 g/mol. The number of amides is 2. The molecule has 9 nitrogen and oxygen atoms in total. The van der Waals surface area contributed by atoms with Gasteiger partial charge in [0.2, 0.25) is 5.91 Å². The van der Waals surface area contributed by atoms with E-state index >= 15 is 0 Å². The molecule has 1 N–H and O–H groups in total. The highest BCUT2D eigenvalue weighted by Gasteiger charge is 2.21. The van der Waals surface area contributed by atoms with Gasteiger partial charge >= 0.3 is 6.09 Å². The Morgan fingerprint density at radius 1 is 1.03 bits per heavy atom. The molecule has 3 rings (SSSR count). The molecule has 9 heteroatoms. The molecule has 1 aliphatic rings. The quantitative estimate of drug-likeness (QED) is 0.461. The molecule has 2 aromatic rings. The highest BCUT2D eigenvalue weighted by Crippen LogP contribution is 2.20. The Balaban J connectivity index is 1.52. The maximum Gasteiger partial charge on any atom is 0.409 e. The summed E-state index contributed by atoms with van der Waals surface area (Å²) in [5.74, 6) is -0.298. The predicted molar refractivity (Wildman–Crippen MR) is 113 cm³/mol. The summed E-state index contributed by atoms with van der Waals surface area (Å²) < 4.78 is 4.74. The molecule has 30 heavy (non-hydrogen) atoms. The maximum absolute atomic E-state index is 12.1. The molecule has 0 aromatic heterocycles. The van der Waals surface area contributed by atoms with Crippen LogP contribution in [0.15, 0.2) is 54.6 Å². The number of anilines is 2. The minimum absolute atomic E-state index is 0.00315. The van der Waals surface area contributed by atoms with E-state index in [1.807, 2.05) is 24.3 Å². The summed E-state index contributed by atoms with van der Waals surface area (Å²) in [6.45, 7) is 2.61. The number of nitrogens with one attached hydrogen (secondary N) is 1. The lowest BCUT2D eigenvalue weighted by Crippen LogP contribution is -2.48. The van der Waals surface area contributed by atoms with Crippen molar-refractivity contribution < 1.29 is 19.2 Å². The van der Waals surface area contributed by atoms with Crippen LogP contribution in [0.5, 0.6) is 0 Å². The van der Waals surface area contributed by atoms with Crippen molar-refractivity contribution in [1.82, 2.24) is 4.90 Å². The monoisotopic (exact) mass is 410 g/mol. The van der Waals surface area contributed by atoms with E-state index in [1.165, 1.54) is 25.3 Å². The normalized spacial score (nSPS) is 13.9. The molecule has 0 bridgehead atoms. The molecule has 1 saturated heterocycles. The molecule has 2 amide bonds. The number of nitro groups is 1. The van der Waals surface area contributed by atoms with Crippen LogP contribution in [-0.2, 0) is 9.53 Å². The van der Waals surface area contributed by atoms with Gasteiger partial charge in [-0.2, -0.15) is 0 Å². The number of ether oxygens (including phenoxy) is 1. The number of nitrogens with zero attached hydrogens (tertiary/aromatic N) is 3. The van der Waals surface area contributed by atoms with Gasteiger partial charge in [-0.25, -0.2) is 4.79 Å². The summed E-state index contributed by atoms with van der Waals surface area (Å²) >= 11 is 0. The molecule has 0 saturated carbocycles. The van der Waals surface area contributed by atoms with Crippen molar-refractivity contribution in [3.8, 4) is 0 Å². The second-order valence-corrected chi connectivity index (χ2v) is 6.66. The SMILES string of the molecule is COC(=O)N1CCN(c2ccc(NC(=O)/C=C/c3ccc([N+](=O)[O-])cc3)cc2)CC1. The van der Waals surface area contributed by atoms with Gasteiger partial charge in [0.05, 0.1) is 12.0 Å². The maximum atomic E-state index is 12.1. The Morgan fingerprint density at radius 3 is 2.23 bits per heavy atom. The van der Waals surface area contributed by atoms with E-state index in [1.54, 1.807) is 23.1 Å². The Hall–Kier alpha value is -3.88. The number of hydrogen-bond acceptors (Lipinski definition) is 6. The van der Waals surface area contributed by atoms with Crippen LogP contribution in [-0.4, -0.2) is 55.1 Å². The van der Waals surface area contributed by atoms with Crippen LogP contribution in [0.1, 0.15) is 5.56 Å². The molecule has 1 aliphatic heterocycles. The Morgan fingerprint density at radius 2 is 1.67 bits per heavy atom. The number of nitro benzene ring substituents is 1. The van der Waals surface area contributed by atoms with Crippen molar-refractivity contribution in [2.75, 3.05) is 43.5 Å². The summed E-state index contributed by atoms with van der Waals surface area (Å²) in [5.41, 5.74) is 2.37.